The molecule has 6 heteroatoms. The van der Waals surface area contributed by atoms with Gasteiger partial charge in [-0.25, -0.2) is 0 Å². The summed E-state index contributed by atoms with van der Waals surface area (Å²) in [6.07, 6.45) is 3.90. The van der Waals surface area contributed by atoms with Gasteiger partial charge in [0.15, 0.2) is 6.61 Å². The average Bonchev–Trinajstić information content (AvgIpc) is 3.16. The Morgan fingerprint density at radius 2 is 1.66 bits per heavy atom. The predicted molar refractivity (Wildman–Crippen MR) is 129 cm³/mol. The number of carbonyl (C=O) groups excluding carboxylic acids is 2. The molecule has 5 nitrogen and oxygen atoms in total. The van der Waals surface area contributed by atoms with Crippen molar-refractivity contribution in [1.82, 2.24) is 0 Å². The Kier molecular flexibility index (Phi) is 6.33. The molecular weight excluding hydrogens is 420 g/mol. The van der Waals surface area contributed by atoms with Crippen LogP contribution in [0.2, 0.25) is 0 Å². The number of thiophene rings is 1. The molecule has 0 saturated carbocycles. The van der Waals surface area contributed by atoms with Gasteiger partial charge in [0.1, 0.15) is 10.8 Å². The van der Waals surface area contributed by atoms with E-state index >= 15 is 0 Å². The molecule has 1 aliphatic carbocycles. The molecule has 1 heterocycles. The van der Waals surface area contributed by atoms with E-state index in [9.17, 15) is 9.59 Å². The molecule has 2 aromatic carbocycles. The Labute approximate surface area is 192 Å². The summed E-state index contributed by atoms with van der Waals surface area (Å²) in [5.74, 6) is -0.176. The highest BCUT2D eigenvalue weighted by molar-refractivity contribution is 7.17. The van der Waals surface area contributed by atoms with Gasteiger partial charge in [-0.05, 0) is 54.5 Å². The van der Waals surface area contributed by atoms with Gasteiger partial charge in [-0.3, -0.25) is 9.59 Å². The number of nitrogens with one attached hydrogen (secondary N) is 1. The maximum atomic E-state index is 12.5. The van der Waals surface area contributed by atoms with E-state index in [4.69, 9.17) is 10.5 Å². The zero-order valence-electron chi connectivity index (χ0n) is 18.4. The number of primary amides is 1. The second-order valence-corrected chi connectivity index (χ2v) is 9.74. The molecule has 4 rings (SSSR count). The van der Waals surface area contributed by atoms with Crippen LogP contribution in [0.1, 0.15) is 58.6 Å². The van der Waals surface area contributed by atoms with Crippen LogP contribution in [0.15, 0.2) is 54.6 Å². The number of amides is 2. The molecule has 0 radical (unpaired) electrons. The van der Waals surface area contributed by atoms with Gasteiger partial charge >= 0.3 is 0 Å². The van der Waals surface area contributed by atoms with Crippen LogP contribution in [0, 0.1) is 0 Å². The van der Waals surface area contributed by atoms with Gasteiger partial charge < -0.3 is 15.8 Å². The van der Waals surface area contributed by atoms with Crippen LogP contribution in [-0.2, 0) is 23.1 Å². The largest absolute Gasteiger partial charge is 0.484 e. The van der Waals surface area contributed by atoms with Crippen LogP contribution < -0.4 is 15.8 Å². The summed E-state index contributed by atoms with van der Waals surface area (Å²) in [6.45, 7) is 4.23. The maximum absolute atomic E-state index is 12.5. The number of fused-ring (bicyclic) bond motifs is 1. The molecule has 0 atom stereocenters. The van der Waals surface area contributed by atoms with Crippen LogP contribution in [0.5, 0.6) is 5.75 Å². The summed E-state index contributed by atoms with van der Waals surface area (Å²) in [5, 5.41) is 3.37. The highest BCUT2D eigenvalue weighted by atomic mass is 32.1. The van der Waals surface area contributed by atoms with Crippen molar-refractivity contribution >= 4 is 28.2 Å². The third-order valence-corrected chi connectivity index (χ3v) is 7.32. The molecule has 0 unspecified atom stereocenters. The molecule has 0 bridgehead atoms. The molecule has 1 aliphatic rings. The summed E-state index contributed by atoms with van der Waals surface area (Å²) >= 11 is 1.45. The van der Waals surface area contributed by atoms with Crippen molar-refractivity contribution in [3.63, 3.8) is 0 Å². The summed E-state index contributed by atoms with van der Waals surface area (Å²) in [7, 11) is 0. The quantitative estimate of drug-likeness (QED) is 0.529. The number of anilines is 1. The number of rotatable bonds is 7. The zero-order valence-corrected chi connectivity index (χ0v) is 19.3. The number of hydrogen-bond acceptors (Lipinski definition) is 4. The smallest absolute Gasteiger partial charge is 0.262 e. The number of hydrogen-bond donors (Lipinski definition) is 2. The molecule has 0 saturated heterocycles. The SMILES string of the molecule is CC(C)(c1ccccc1)c1ccc(OCC(=O)Nc2sc3c(c2C(N)=O)CCCC3)cc1. The maximum Gasteiger partial charge on any atom is 0.262 e. The van der Waals surface area contributed by atoms with Crippen molar-refractivity contribution in [3.8, 4) is 5.75 Å². The van der Waals surface area contributed by atoms with Crippen molar-refractivity contribution in [2.45, 2.75) is 44.9 Å². The molecule has 32 heavy (non-hydrogen) atoms. The van der Waals surface area contributed by atoms with Gasteiger partial charge in [0.2, 0.25) is 0 Å². The number of aryl methyl sites for hydroxylation is 1. The van der Waals surface area contributed by atoms with Crippen LogP contribution >= 0.6 is 11.3 Å². The highest BCUT2D eigenvalue weighted by Crippen LogP contribution is 2.38. The highest BCUT2D eigenvalue weighted by Gasteiger charge is 2.25. The minimum atomic E-state index is -0.489. The van der Waals surface area contributed by atoms with E-state index < -0.39 is 5.91 Å². The van der Waals surface area contributed by atoms with Crippen molar-refractivity contribution in [3.05, 3.63) is 81.7 Å². The lowest BCUT2D eigenvalue weighted by atomic mass is 9.78. The average molecular weight is 449 g/mol. The molecule has 3 aromatic rings. The Morgan fingerprint density at radius 1 is 1.00 bits per heavy atom. The van der Waals surface area contributed by atoms with Crippen LogP contribution in [0.25, 0.3) is 0 Å². The third kappa shape index (κ3) is 4.55. The van der Waals surface area contributed by atoms with Gasteiger partial charge in [-0.15, -0.1) is 11.3 Å². The van der Waals surface area contributed by atoms with Crippen LogP contribution in [0.3, 0.4) is 0 Å². The van der Waals surface area contributed by atoms with Crippen molar-refractivity contribution in [2.75, 3.05) is 11.9 Å². The van der Waals surface area contributed by atoms with E-state index in [1.807, 2.05) is 42.5 Å². The van der Waals surface area contributed by atoms with Gasteiger partial charge in [0, 0.05) is 10.3 Å². The first-order valence-electron chi connectivity index (χ1n) is 10.9. The van der Waals surface area contributed by atoms with Crippen molar-refractivity contribution < 1.29 is 14.3 Å². The summed E-state index contributed by atoms with van der Waals surface area (Å²) in [5.41, 5.74) is 9.32. The molecule has 3 N–H and O–H groups in total. The lowest BCUT2D eigenvalue weighted by molar-refractivity contribution is -0.118. The first-order chi connectivity index (χ1) is 15.4. The summed E-state index contributed by atoms with van der Waals surface area (Å²) in [4.78, 5) is 25.6. The Hall–Kier alpha value is -3.12. The topological polar surface area (TPSA) is 81.4 Å². The monoisotopic (exact) mass is 448 g/mol. The van der Waals surface area contributed by atoms with E-state index in [1.165, 1.54) is 16.9 Å². The predicted octanol–water partition coefficient (Wildman–Crippen LogP) is 5.07. The van der Waals surface area contributed by atoms with E-state index in [-0.39, 0.29) is 17.9 Å². The van der Waals surface area contributed by atoms with Crippen LogP contribution in [0.4, 0.5) is 5.00 Å². The fraction of sp³-hybridized carbons (Fsp3) is 0.308. The number of nitrogens with two attached hydrogens (primary N) is 1. The third-order valence-electron chi connectivity index (χ3n) is 6.11. The number of carbonyl (C=O) groups is 2. The molecule has 0 aliphatic heterocycles. The minimum Gasteiger partial charge on any atom is -0.484 e. The number of benzene rings is 2. The Bertz CT molecular complexity index is 1120. The van der Waals surface area contributed by atoms with Gasteiger partial charge in [0.05, 0.1) is 5.56 Å². The molecule has 1 aromatic heterocycles. The van der Waals surface area contributed by atoms with E-state index in [0.29, 0.717) is 16.3 Å². The van der Waals surface area contributed by atoms with E-state index in [2.05, 4.69) is 31.3 Å². The second-order valence-electron chi connectivity index (χ2n) is 8.63. The molecule has 166 valence electrons. The zero-order chi connectivity index (χ0) is 22.7. The van der Waals surface area contributed by atoms with Gasteiger partial charge in [0.25, 0.3) is 11.8 Å². The fourth-order valence-electron chi connectivity index (χ4n) is 4.22. The van der Waals surface area contributed by atoms with Crippen molar-refractivity contribution in [1.29, 1.82) is 0 Å². The Balaban J connectivity index is 1.40. The standard InChI is InChI=1S/C26H28N2O3S/c1-26(2,17-8-4-3-5-9-17)18-12-14-19(15-13-18)31-16-22(29)28-25-23(24(27)30)20-10-6-7-11-21(20)32-25/h3-5,8-9,12-15H,6-7,10-11,16H2,1-2H3,(H2,27,30)(H,28,29). The van der Waals surface area contributed by atoms with Gasteiger partial charge in [-0.2, -0.15) is 0 Å². The summed E-state index contributed by atoms with van der Waals surface area (Å²) in [6, 6.07) is 18.2. The number of ether oxygens (including phenoxy) is 1. The van der Waals surface area contributed by atoms with Crippen LogP contribution in [-0.4, -0.2) is 18.4 Å². The molecule has 2 amide bonds. The lowest BCUT2D eigenvalue weighted by Crippen LogP contribution is -2.22. The van der Waals surface area contributed by atoms with E-state index in [0.717, 1.165) is 41.7 Å². The lowest BCUT2D eigenvalue weighted by Gasteiger charge is -2.26. The Morgan fingerprint density at radius 3 is 2.34 bits per heavy atom. The first kappa shape index (κ1) is 22.1. The van der Waals surface area contributed by atoms with Gasteiger partial charge in [-0.1, -0.05) is 56.3 Å². The molecule has 0 spiro atoms. The second kappa shape index (κ2) is 9.17. The van der Waals surface area contributed by atoms with E-state index in [1.54, 1.807) is 0 Å². The first-order valence-corrected chi connectivity index (χ1v) is 11.7. The molecular formula is C26H28N2O3S. The fourth-order valence-corrected chi connectivity index (χ4v) is 5.53. The molecule has 0 fully saturated rings. The minimum absolute atomic E-state index is 0.137. The summed E-state index contributed by atoms with van der Waals surface area (Å²) < 4.78 is 5.69. The normalized spacial score (nSPS) is 13.3. The van der Waals surface area contributed by atoms with Crippen molar-refractivity contribution in [2.24, 2.45) is 5.73 Å².